The second-order valence-electron chi connectivity index (χ2n) is 3.01. The first-order valence-electron chi connectivity index (χ1n) is 4.35. The number of rotatable bonds is 2. The van der Waals surface area contributed by atoms with Crippen LogP contribution in [-0.4, -0.2) is 9.91 Å². The minimum atomic E-state index is -0.567. The molecule has 0 unspecified atom stereocenters. The summed E-state index contributed by atoms with van der Waals surface area (Å²) < 4.78 is 4.92. The molecule has 1 aromatic carbocycles. The fourth-order valence-electron chi connectivity index (χ4n) is 1.32. The largest absolute Gasteiger partial charge is 0.461 e. The van der Waals surface area contributed by atoms with Gasteiger partial charge in [0.1, 0.15) is 4.92 Å². The van der Waals surface area contributed by atoms with Crippen LogP contribution in [0.15, 0.2) is 34.7 Å². The highest BCUT2D eigenvalue weighted by Gasteiger charge is 2.23. The van der Waals surface area contributed by atoms with Crippen molar-refractivity contribution >= 4 is 5.88 Å². The highest BCUT2D eigenvalue weighted by molar-refractivity contribution is 5.66. The third kappa shape index (κ3) is 1.71. The lowest BCUT2D eigenvalue weighted by atomic mass is 10.2. The van der Waals surface area contributed by atoms with Crippen LogP contribution < -0.4 is 0 Å². The Kier molecular flexibility index (Phi) is 2.21. The predicted octanol–water partition coefficient (Wildman–Crippen LogP) is 2.56. The normalized spacial score (nSPS) is 10.2. The zero-order valence-electron chi connectivity index (χ0n) is 8.01. The smallest absolute Gasteiger partial charge is 0.385 e. The fourth-order valence-corrected chi connectivity index (χ4v) is 1.32. The Bertz CT molecular complexity index is 491. The van der Waals surface area contributed by atoms with Gasteiger partial charge in [0.05, 0.1) is 0 Å². The van der Waals surface area contributed by atoms with E-state index in [1.54, 1.807) is 31.2 Å². The van der Waals surface area contributed by atoms with Crippen LogP contribution in [0.2, 0.25) is 0 Å². The Hall–Kier alpha value is -2.17. The highest BCUT2D eigenvalue weighted by Crippen LogP contribution is 2.29. The zero-order valence-corrected chi connectivity index (χ0v) is 8.01. The molecule has 0 saturated heterocycles. The van der Waals surface area contributed by atoms with Crippen molar-refractivity contribution in [3.63, 3.8) is 0 Å². The number of oxazole rings is 1. The molecule has 0 aliphatic heterocycles. The molecule has 1 heterocycles. The lowest BCUT2D eigenvalue weighted by Gasteiger charge is -1.92. The monoisotopic (exact) mass is 204 g/mol. The van der Waals surface area contributed by atoms with Gasteiger partial charge in [-0.15, -0.1) is 0 Å². The maximum absolute atomic E-state index is 10.7. The summed E-state index contributed by atoms with van der Waals surface area (Å²) in [6.07, 6.45) is 0. The Labute approximate surface area is 85.5 Å². The van der Waals surface area contributed by atoms with Crippen LogP contribution in [0.3, 0.4) is 0 Å². The molecule has 76 valence electrons. The van der Waals surface area contributed by atoms with Gasteiger partial charge in [-0.25, -0.2) is 4.98 Å². The van der Waals surface area contributed by atoms with E-state index in [2.05, 4.69) is 4.98 Å². The molecule has 0 fully saturated rings. The molecular weight excluding hydrogens is 196 g/mol. The van der Waals surface area contributed by atoms with Crippen molar-refractivity contribution in [3.05, 3.63) is 46.3 Å². The Morgan fingerprint density at radius 3 is 2.60 bits per heavy atom. The van der Waals surface area contributed by atoms with Crippen LogP contribution in [0, 0.1) is 17.0 Å². The summed E-state index contributed by atoms with van der Waals surface area (Å²) in [5.74, 6) is -0.0146. The molecule has 0 spiro atoms. The molecule has 0 aliphatic rings. The van der Waals surface area contributed by atoms with E-state index < -0.39 is 4.92 Å². The molecule has 0 aliphatic carbocycles. The lowest BCUT2D eigenvalue weighted by molar-refractivity contribution is -0.401. The van der Waals surface area contributed by atoms with E-state index in [1.807, 2.05) is 6.07 Å². The zero-order chi connectivity index (χ0) is 10.8. The topological polar surface area (TPSA) is 69.2 Å². The van der Waals surface area contributed by atoms with Crippen molar-refractivity contribution in [2.24, 2.45) is 0 Å². The molecule has 0 atom stereocenters. The van der Waals surface area contributed by atoms with E-state index >= 15 is 0 Å². The van der Waals surface area contributed by atoms with Crippen molar-refractivity contribution in [2.45, 2.75) is 6.92 Å². The third-order valence-corrected chi connectivity index (χ3v) is 1.93. The van der Waals surface area contributed by atoms with Crippen molar-refractivity contribution in [1.82, 2.24) is 4.98 Å². The number of hydrogen-bond acceptors (Lipinski definition) is 4. The van der Waals surface area contributed by atoms with E-state index in [1.165, 1.54) is 0 Å². The summed E-state index contributed by atoms with van der Waals surface area (Å²) >= 11 is 0. The molecule has 0 radical (unpaired) electrons. The summed E-state index contributed by atoms with van der Waals surface area (Å²) in [6.45, 7) is 1.58. The predicted molar refractivity (Wildman–Crippen MR) is 53.3 cm³/mol. The van der Waals surface area contributed by atoms with Gasteiger partial charge < -0.3 is 4.42 Å². The standard InChI is InChI=1S/C10H8N2O3/c1-7-11-9(10(15-7)12(13)14)8-5-3-2-4-6-8/h2-6H,1H3. The van der Waals surface area contributed by atoms with Gasteiger partial charge in [0.15, 0.2) is 11.6 Å². The molecule has 15 heavy (non-hydrogen) atoms. The van der Waals surface area contributed by atoms with Crippen LogP contribution in [0.25, 0.3) is 11.3 Å². The second kappa shape index (κ2) is 3.53. The third-order valence-electron chi connectivity index (χ3n) is 1.93. The maximum Gasteiger partial charge on any atom is 0.461 e. The molecule has 1 aromatic heterocycles. The van der Waals surface area contributed by atoms with Crippen LogP contribution in [0.5, 0.6) is 0 Å². The minimum absolute atomic E-state index is 0.276. The summed E-state index contributed by atoms with van der Waals surface area (Å²) in [5.41, 5.74) is 0.958. The number of nitrogens with zero attached hydrogens (tertiary/aromatic N) is 2. The fraction of sp³-hybridized carbons (Fsp3) is 0.100. The number of aromatic nitrogens is 1. The van der Waals surface area contributed by atoms with Gasteiger partial charge in [0.25, 0.3) is 0 Å². The first kappa shape index (κ1) is 9.39. The molecule has 5 heteroatoms. The molecule has 0 amide bonds. The van der Waals surface area contributed by atoms with Crippen molar-refractivity contribution in [3.8, 4) is 11.3 Å². The van der Waals surface area contributed by atoms with Crippen LogP contribution >= 0.6 is 0 Å². The summed E-state index contributed by atoms with van der Waals surface area (Å²) in [6, 6.07) is 8.93. The number of hydrogen-bond donors (Lipinski definition) is 0. The average molecular weight is 204 g/mol. The van der Waals surface area contributed by atoms with Gasteiger partial charge in [0, 0.05) is 12.5 Å². The molecule has 5 nitrogen and oxygen atoms in total. The van der Waals surface area contributed by atoms with Crippen molar-refractivity contribution < 1.29 is 9.34 Å². The molecule has 2 rings (SSSR count). The number of nitro groups is 1. The van der Waals surface area contributed by atoms with E-state index in [-0.39, 0.29) is 11.6 Å². The first-order chi connectivity index (χ1) is 7.18. The molecule has 0 saturated carbocycles. The minimum Gasteiger partial charge on any atom is -0.385 e. The molecule has 2 aromatic rings. The van der Waals surface area contributed by atoms with Gasteiger partial charge in [-0.1, -0.05) is 30.3 Å². The second-order valence-corrected chi connectivity index (χ2v) is 3.01. The quantitative estimate of drug-likeness (QED) is 0.556. The first-order valence-corrected chi connectivity index (χ1v) is 4.35. The Balaban J connectivity index is 2.58. The average Bonchev–Trinajstić information content (AvgIpc) is 2.62. The van der Waals surface area contributed by atoms with Gasteiger partial charge in [-0.05, 0) is 0 Å². The SMILES string of the molecule is Cc1nc(-c2ccccc2)c([N+](=O)[O-])o1. The maximum atomic E-state index is 10.7. The van der Waals surface area contributed by atoms with E-state index in [0.29, 0.717) is 11.5 Å². The van der Waals surface area contributed by atoms with Crippen LogP contribution in [0.4, 0.5) is 5.88 Å². The summed E-state index contributed by atoms with van der Waals surface area (Å²) in [5, 5.41) is 10.7. The van der Waals surface area contributed by atoms with Gasteiger partial charge in [0.2, 0.25) is 0 Å². The molecule has 0 N–H and O–H groups in total. The summed E-state index contributed by atoms with van der Waals surface area (Å²) in [4.78, 5) is 14.1. The van der Waals surface area contributed by atoms with Crippen LogP contribution in [0.1, 0.15) is 5.89 Å². The van der Waals surface area contributed by atoms with E-state index in [0.717, 1.165) is 0 Å². The lowest BCUT2D eigenvalue weighted by Crippen LogP contribution is -1.88. The van der Waals surface area contributed by atoms with Gasteiger partial charge in [-0.3, -0.25) is 10.1 Å². The molecule has 0 bridgehead atoms. The van der Waals surface area contributed by atoms with Crippen molar-refractivity contribution in [2.75, 3.05) is 0 Å². The van der Waals surface area contributed by atoms with Gasteiger partial charge >= 0.3 is 5.88 Å². The number of aryl methyl sites for hydroxylation is 1. The van der Waals surface area contributed by atoms with Crippen molar-refractivity contribution in [1.29, 1.82) is 0 Å². The van der Waals surface area contributed by atoms with Gasteiger partial charge in [-0.2, -0.15) is 0 Å². The Morgan fingerprint density at radius 2 is 2.00 bits per heavy atom. The van der Waals surface area contributed by atoms with E-state index in [9.17, 15) is 10.1 Å². The summed E-state index contributed by atoms with van der Waals surface area (Å²) in [7, 11) is 0. The number of benzene rings is 1. The molecular formula is C10H8N2O3. The van der Waals surface area contributed by atoms with Crippen LogP contribution in [-0.2, 0) is 0 Å². The van der Waals surface area contributed by atoms with E-state index in [4.69, 9.17) is 4.42 Å². The Morgan fingerprint density at radius 1 is 1.33 bits per heavy atom. The highest BCUT2D eigenvalue weighted by atomic mass is 16.6.